The topological polar surface area (TPSA) is 38.9 Å². The fourth-order valence-corrected chi connectivity index (χ4v) is 5.06. The van der Waals surface area contributed by atoms with E-state index in [1.165, 1.54) is 53.3 Å². The quantitative estimate of drug-likeness (QED) is 0.640. The van der Waals surface area contributed by atoms with Gasteiger partial charge in [-0.25, -0.2) is 4.98 Å². The number of thiazole rings is 1. The minimum absolute atomic E-state index is 0.829. The van der Waals surface area contributed by atoms with Crippen molar-refractivity contribution >= 4 is 39.0 Å². The molecule has 1 aliphatic rings. The molecule has 0 amide bonds. The molecule has 3 rings (SSSR count). The van der Waals surface area contributed by atoms with Gasteiger partial charge in [-0.15, -0.1) is 11.3 Å². The first-order chi connectivity index (χ1) is 9.31. The van der Waals surface area contributed by atoms with Crippen molar-refractivity contribution in [2.24, 2.45) is 5.92 Å². The molecule has 0 atom stereocenters. The maximum atomic E-state index is 5.80. The lowest BCUT2D eigenvalue weighted by molar-refractivity contribution is 0.351. The predicted octanol–water partition coefficient (Wildman–Crippen LogP) is 4.94. The van der Waals surface area contributed by atoms with E-state index in [0.717, 1.165) is 17.1 Å². The first-order valence-corrected chi connectivity index (χ1v) is 8.90. The normalized spacial score (nSPS) is 17.1. The van der Waals surface area contributed by atoms with Crippen LogP contribution in [0.15, 0.2) is 22.5 Å². The van der Waals surface area contributed by atoms with E-state index in [4.69, 9.17) is 5.73 Å². The Morgan fingerprint density at radius 3 is 2.95 bits per heavy atom. The Hall–Kier alpha value is -0.740. The van der Waals surface area contributed by atoms with E-state index in [-0.39, 0.29) is 0 Å². The zero-order valence-electron chi connectivity index (χ0n) is 11.1. The van der Waals surface area contributed by atoms with Crippen LogP contribution < -0.4 is 5.73 Å². The van der Waals surface area contributed by atoms with Gasteiger partial charge in [-0.2, -0.15) is 0 Å². The SMILES string of the molecule is Nc1ccc2nc(SCCC3CCCCC3)sc2c1. The van der Waals surface area contributed by atoms with Gasteiger partial charge < -0.3 is 5.73 Å². The fourth-order valence-electron chi connectivity index (χ4n) is 2.77. The van der Waals surface area contributed by atoms with Gasteiger partial charge in [-0.3, -0.25) is 0 Å². The summed E-state index contributed by atoms with van der Waals surface area (Å²) in [5.74, 6) is 2.17. The Bertz CT molecular complexity index is 544. The van der Waals surface area contributed by atoms with Gasteiger partial charge in [-0.1, -0.05) is 43.9 Å². The molecule has 102 valence electrons. The summed E-state index contributed by atoms with van der Waals surface area (Å²) in [6, 6.07) is 5.98. The van der Waals surface area contributed by atoms with Gasteiger partial charge in [0.05, 0.1) is 10.2 Å². The predicted molar refractivity (Wildman–Crippen MR) is 85.9 cm³/mol. The Morgan fingerprint density at radius 1 is 1.26 bits per heavy atom. The first-order valence-electron chi connectivity index (χ1n) is 7.10. The van der Waals surface area contributed by atoms with Crippen molar-refractivity contribution in [3.05, 3.63) is 18.2 Å². The number of anilines is 1. The second-order valence-corrected chi connectivity index (χ2v) is 7.72. The average molecular weight is 292 g/mol. The summed E-state index contributed by atoms with van der Waals surface area (Å²) in [7, 11) is 0. The van der Waals surface area contributed by atoms with Crippen LogP contribution in [-0.4, -0.2) is 10.7 Å². The molecule has 0 spiro atoms. The van der Waals surface area contributed by atoms with Crippen molar-refractivity contribution in [1.29, 1.82) is 0 Å². The molecule has 0 saturated heterocycles. The number of aromatic nitrogens is 1. The van der Waals surface area contributed by atoms with Crippen molar-refractivity contribution < 1.29 is 0 Å². The lowest BCUT2D eigenvalue weighted by atomic mass is 9.88. The number of nitrogens with two attached hydrogens (primary N) is 1. The second kappa shape index (κ2) is 6.14. The maximum Gasteiger partial charge on any atom is 0.151 e. The Kier molecular flexibility index (Phi) is 4.28. The van der Waals surface area contributed by atoms with E-state index in [2.05, 4.69) is 4.98 Å². The minimum atomic E-state index is 0.829. The molecule has 0 aliphatic heterocycles. The van der Waals surface area contributed by atoms with Gasteiger partial charge in [0.15, 0.2) is 4.34 Å². The van der Waals surface area contributed by atoms with Crippen molar-refractivity contribution in [1.82, 2.24) is 4.98 Å². The van der Waals surface area contributed by atoms with Gasteiger partial charge in [0.2, 0.25) is 0 Å². The molecular formula is C15H20N2S2. The highest BCUT2D eigenvalue weighted by Crippen LogP contribution is 2.33. The van der Waals surface area contributed by atoms with E-state index in [1.54, 1.807) is 11.3 Å². The van der Waals surface area contributed by atoms with Crippen LogP contribution in [0.4, 0.5) is 5.69 Å². The summed E-state index contributed by atoms with van der Waals surface area (Å²) in [5, 5.41) is 0. The molecule has 1 fully saturated rings. The largest absolute Gasteiger partial charge is 0.399 e. The minimum Gasteiger partial charge on any atom is -0.399 e. The van der Waals surface area contributed by atoms with Gasteiger partial charge >= 0.3 is 0 Å². The van der Waals surface area contributed by atoms with Crippen molar-refractivity contribution in [2.75, 3.05) is 11.5 Å². The number of hydrogen-bond donors (Lipinski definition) is 1. The van der Waals surface area contributed by atoms with Gasteiger partial charge in [0.1, 0.15) is 0 Å². The zero-order chi connectivity index (χ0) is 13.1. The molecule has 19 heavy (non-hydrogen) atoms. The Morgan fingerprint density at radius 2 is 2.11 bits per heavy atom. The molecule has 1 heterocycles. The molecule has 2 aromatic rings. The lowest BCUT2D eigenvalue weighted by Crippen LogP contribution is -2.06. The standard InChI is InChI=1S/C15H20N2S2/c16-12-6-7-13-14(10-12)19-15(17-13)18-9-8-11-4-2-1-3-5-11/h6-7,10-11H,1-5,8-9,16H2. The average Bonchev–Trinajstić information content (AvgIpc) is 2.82. The third-order valence-corrected chi connectivity index (χ3v) is 6.06. The number of nitrogens with zero attached hydrogens (tertiary/aromatic N) is 1. The summed E-state index contributed by atoms with van der Waals surface area (Å²) in [4.78, 5) is 4.66. The lowest BCUT2D eigenvalue weighted by Gasteiger charge is -2.20. The molecular weight excluding hydrogens is 272 g/mol. The van der Waals surface area contributed by atoms with Crippen LogP contribution in [0.25, 0.3) is 10.2 Å². The third kappa shape index (κ3) is 3.42. The van der Waals surface area contributed by atoms with Crippen molar-refractivity contribution in [3.8, 4) is 0 Å². The van der Waals surface area contributed by atoms with E-state index < -0.39 is 0 Å². The van der Waals surface area contributed by atoms with Crippen LogP contribution in [0, 0.1) is 5.92 Å². The van der Waals surface area contributed by atoms with Crippen LogP contribution in [0.2, 0.25) is 0 Å². The molecule has 1 aromatic carbocycles. The van der Waals surface area contributed by atoms with Crippen LogP contribution >= 0.6 is 23.1 Å². The van der Waals surface area contributed by atoms with Crippen LogP contribution in [0.3, 0.4) is 0 Å². The molecule has 0 bridgehead atoms. The summed E-state index contributed by atoms with van der Waals surface area (Å²) in [6.45, 7) is 0. The Balaban J connectivity index is 1.56. The number of hydrogen-bond acceptors (Lipinski definition) is 4. The summed E-state index contributed by atoms with van der Waals surface area (Å²) in [6.07, 6.45) is 8.56. The van der Waals surface area contributed by atoms with Crippen LogP contribution in [-0.2, 0) is 0 Å². The third-order valence-electron chi connectivity index (χ3n) is 3.87. The van der Waals surface area contributed by atoms with E-state index in [9.17, 15) is 0 Å². The zero-order valence-corrected chi connectivity index (χ0v) is 12.7. The molecule has 2 N–H and O–H groups in total. The highest BCUT2D eigenvalue weighted by atomic mass is 32.2. The van der Waals surface area contributed by atoms with Gasteiger partial charge in [-0.05, 0) is 30.5 Å². The molecule has 1 aliphatic carbocycles. The monoisotopic (exact) mass is 292 g/mol. The van der Waals surface area contributed by atoms with Gasteiger partial charge in [0.25, 0.3) is 0 Å². The molecule has 1 aromatic heterocycles. The van der Waals surface area contributed by atoms with E-state index >= 15 is 0 Å². The molecule has 0 radical (unpaired) electrons. The summed E-state index contributed by atoms with van der Waals surface area (Å²) < 4.78 is 2.40. The van der Waals surface area contributed by atoms with Crippen LogP contribution in [0.1, 0.15) is 38.5 Å². The second-order valence-electron chi connectivity index (χ2n) is 5.35. The number of nitrogen functional groups attached to an aromatic ring is 1. The smallest absolute Gasteiger partial charge is 0.151 e. The molecule has 1 saturated carbocycles. The molecule has 0 unspecified atom stereocenters. The Labute approximate surface area is 122 Å². The molecule has 2 nitrogen and oxygen atoms in total. The number of benzene rings is 1. The van der Waals surface area contributed by atoms with E-state index in [0.29, 0.717) is 0 Å². The van der Waals surface area contributed by atoms with Crippen molar-refractivity contribution in [3.63, 3.8) is 0 Å². The maximum absolute atomic E-state index is 5.80. The number of thioether (sulfide) groups is 1. The van der Waals surface area contributed by atoms with Crippen molar-refractivity contribution in [2.45, 2.75) is 42.9 Å². The summed E-state index contributed by atoms with van der Waals surface area (Å²) in [5.41, 5.74) is 7.71. The fraction of sp³-hybridized carbons (Fsp3) is 0.533. The van der Waals surface area contributed by atoms with Gasteiger partial charge in [0, 0.05) is 11.4 Å². The highest BCUT2D eigenvalue weighted by molar-refractivity contribution is 8.01. The highest BCUT2D eigenvalue weighted by Gasteiger charge is 2.13. The number of fused-ring (bicyclic) bond motifs is 1. The number of rotatable bonds is 4. The molecule has 4 heteroatoms. The first kappa shape index (κ1) is 13.3. The van der Waals surface area contributed by atoms with E-state index in [1.807, 2.05) is 30.0 Å². The summed E-state index contributed by atoms with van der Waals surface area (Å²) >= 11 is 3.68. The van der Waals surface area contributed by atoms with Crippen LogP contribution in [0.5, 0.6) is 0 Å².